The van der Waals surface area contributed by atoms with E-state index in [9.17, 15) is 9.59 Å². The molecule has 1 aromatic carbocycles. The Morgan fingerprint density at radius 1 is 1.22 bits per heavy atom. The van der Waals surface area contributed by atoms with Crippen LogP contribution in [-0.2, 0) is 4.74 Å². The van der Waals surface area contributed by atoms with Crippen LogP contribution in [0.4, 0.5) is 4.79 Å². The zero-order valence-corrected chi connectivity index (χ0v) is 16.5. The summed E-state index contributed by atoms with van der Waals surface area (Å²) in [7, 11) is 0. The van der Waals surface area contributed by atoms with Crippen LogP contribution in [0.5, 0.6) is 11.5 Å². The minimum atomic E-state index is -0.648. The molecule has 0 spiro atoms. The molecule has 1 aromatic heterocycles. The first kappa shape index (κ1) is 20.4. The van der Waals surface area contributed by atoms with Gasteiger partial charge in [0.15, 0.2) is 11.5 Å². The zero-order chi connectivity index (χ0) is 19.9. The maximum atomic E-state index is 12.1. The maximum absolute atomic E-state index is 12.1. The monoisotopic (exact) mass is 390 g/mol. The normalized spacial score (nSPS) is 11.3. The van der Waals surface area contributed by atoms with E-state index in [1.165, 1.54) is 17.6 Å². The first-order valence-electron chi connectivity index (χ1n) is 8.33. The van der Waals surface area contributed by atoms with E-state index < -0.39 is 17.7 Å². The fourth-order valence-corrected chi connectivity index (χ4v) is 2.56. The Morgan fingerprint density at radius 2 is 2.00 bits per heavy atom. The molecule has 0 unspecified atom stereocenters. The number of carbonyl (C=O) groups is 2. The van der Waals surface area contributed by atoms with Crippen LogP contribution in [0.25, 0.3) is 0 Å². The number of rotatable bonds is 6. The van der Waals surface area contributed by atoms with Gasteiger partial charge < -0.3 is 14.2 Å². The van der Waals surface area contributed by atoms with Crippen molar-refractivity contribution in [2.24, 2.45) is 5.10 Å². The fraction of sp³-hybridized carbons (Fsp3) is 0.316. The molecule has 0 saturated heterocycles. The standard InChI is InChI=1S/C19H22N2O5S/c1-5-24-15-11-13(12-20-21-18(23)26-19(2,3)4)8-9-14(15)25-17(22)16-7-6-10-27-16/h6-12H,5H2,1-4H3,(H,21,23)/b20-12+. The third-order valence-corrected chi connectivity index (χ3v) is 3.81. The first-order valence-corrected chi connectivity index (χ1v) is 9.21. The number of nitrogens with zero attached hydrogens (tertiary/aromatic N) is 1. The molecule has 1 amide bonds. The summed E-state index contributed by atoms with van der Waals surface area (Å²) in [6.07, 6.45) is 0.794. The molecule has 7 nitrogen and oxygen atoms in total. The molecule has 0 saturated carbocycles. The van der Waals surface area contributed by atoms with Crippen molar-refractivity contribution in [1.82, 2.24) is 5.43 Å². The van der Waals surface area contributed by atoms with E-state index >= 15 is 0 Å². The van der Waals surface area contributed by atoms with Gasteiger partial charge in [-0.2, -0.15) is 5.10 Å². The van der Waals surface area contributed by atoms with Crippen molar-refractivity contribution >= 4 is 29.6 Å². The number of ether oxygens (including phenoxy) is 3. The summed E-state index contributed by atoms with van der Waals surface area (Å²) in [5, 5.41) is 5.65. The highest BCUT2D eigenvalue weighted by Gasteiger charge is 2.16. The lowest BCUT2D eigenvalue weighted by atomic mass is 10.2. The number of esters is 1. The second kappa shape index (κ2) is 9.18. The highest BCUT2D eigenvalue weighted by atomic mass is 32.1. The predicted molar refractivity (Wildman–Crippen MR) is 104 cm³/mol. The van der Waals surface area contributed by atoms with Crippen molar-refractivity contribution in [2.45, 2.75) is 33.3 Å². The van der Waals surface area contributed by atoms with Gasteiger partial charge in [-0.15, -0.1) is 11.3 Å². The molecule has 0 aliphatic rings. The molecule has 2 rings (SSSR count). The van der Waals surface area contributed by atoms with Gasteiger partial charge in [0, 0.05) is 0 Å². The molecule has 1 N–H and O–H groups in total. The molecule has 27 heavy (non-hydrogen) atoms. The largest absolute Gasteiger partial charge is 0.490 e. The van der Waals surface area contributed by atoms with Crippen LogP contribution >= 0.6 is 11.3 Å². The lowest BCUT2D eigenvalue weighted by Crippen LogP contribution is -2.29. The van der Waals surface area contributed by atoms with Crippen molar-refractivity contribution in [3.8, 4) is 11.5 Å². The predicted octanol–water partition coefficient (Wildman–Crippen LogP) is 4.22. The Bertz CT molecular complexity index is 810. The number of benzene rings is 1. The fourth-order valence-electron chi connectivity index (χ4n) is 1.96. The summed E-state index contributed by atoms with van der Waals surface area (Å²) in [6.45, 7) is 7.53. The van der Waals surface area contributed by atoms with Crippen LogP contribution in [0.3, 0.4) is 0 Å². The van der Waals surface area contributed by atoms with Gasteiger partial charge in [-0.25, -0.2) is 15.0 Å². The first-order chi connectivity index (χ1) is 12.8. The van der Waals surface area contributed by atoms with Gasteiger partial charge in [-0.05, 0) is 62.9 Å². The van der Waals surface area contributed by atoms with Gasteiger partial charge >= 0.3 is 12.1 Å². The molecule has 0 radical (unpaired) electrons. The lowest BCUT2D eigenvalue weighted by molar-refractivity contribution is 0.0529. The number of hydrogen-bond acceptors (Lipinski definition) is 7. The SMILES string of the molecule is CCOc1cc(/C=N/NC(=O)OC(C)(C)C)ccc1OC(=O)c1cccs1. The van der Waals surface area contributed by atoms with Crippen molar-refractivity contribution in [3.05, 3.63) is 46.2 Å². The van der Waals surface area contributed by atoms with Gasteiger partial charge in [0.25, 0.3) is 0 Å². The van der Waals surface area contributed by atoms with Gasteiger partial charge in [0.05, 0.1) is 12.8 Å². The molecule has 2 aromatic rings. The Morgan fingerprint density at radius 3 is 2.63 bits per heavy atom. The average Bonchev–Trinajstić information content (AvgIpc) is 3.10. The number of carbonyl (C=O) groups excluding carboxylic acids is 2. The summed E-state index contributed by atoms with van der Waals surface area (Å²) in [4.78, 5) is 24.2. The van der Waals surface area contributed by atoms with Crippen molar-refractivity contribution in [1.29, 1.82) is 0 Å². The minimum absolute atomic E-state index is 0.313. The average molecular weight is 390 g/mol. The topological polar surface area (TPSA) is 86.2 Å². The number of amides is 1. The van der Waals surface area contributed by atoms with Crippen molar-refractivity contribution in [3.63, 3.8) is 0 Å². The summed E-state index contributed by atoms with van der Waals surface area (Å²) >= 11 is 1.30. The van der Waals surface area contributed by atoms with E-state index in [1.54, 1.807) is 56.5 Å². The van der Waals surface area contributed by atoms with Crippen LogP contribution in [-0.4, -0.2) is 30.5 Å². The summed E-state index contributed by atoms with van der Waals surface area (Å²) in [5.41, 5.74) is 2.34. The number of nitrogens with one attached hydrogen (secondary N) is 1. The minimum Gasteiger partial charge on any atom is -0.490 e. The second-order valence-corrected chi connectivity index (χ2v) is 7.33. The van der Waals surface area contributed by atoms with Crippen LogP contribution in [0, 0.1) is 0 Å². The number of hydrogen-bond donors (Lipinski definition) is 1. The molecular weight excluding hydrogens is 368 g/mol. The summed E-state index contributed by atoms with van der Waals surface area (Å²) in [6, 6.07) is 8.45. The van der Waals surface area contributed by atoms with Gasteiger partial charge in [-0.1, -0.05) is 6.07 Å². The van der Waals surface area contributed by atoms with E-state index in [2.05, 4.69) is 10.5 Å². The quantitative estimate of drug-likeness (QED) is 0.345. The maximum Gasteiger partial charge on any atom is 0.428 e. The molecule has 8 heteroatoms. The third kappa shape index (κ3) is 6.74. The molecule has 0 aliphatic carbocycles. The Hall–Kier alpha value is -2.87. The highest BCUT2D eigenvalue weighted by Crippen LogP contribution is 2.29. The van der Waals surface area contributed by atoms with E-state index in [-0.39, 0.29) is 0 Å². The number of thiophene rings is 1. The molecule has 0 atom stereocenters. The van der Waals surface area contributed by atoms with Gasteiger partial charge in [0.2, 0.25) is 0 Å². The molecule has 1 heterocycles. The Balaban J connectivity index is 2.06. The van der Waals surface area contributed by atoms with Crippen molar-refractivity contribution < 1.29 is 23.8 Å². The van der Waals surface area contributed by atoms with Crippen LogP contribution < -0.4 is 14.9 Å². The van der Waals surface area contributed by atoms with E-state index in [0.29, 0.717) is 28.5 Å². The van der Waals surface area contributed by atoms with Gasteiger partial charge in [0.1, 0.15) is 10.5 Å². The van der Waals surface area contributed by atoms with E-state index in [0.717, 1.165) is 0 Å². The van der Waals surface area contributed by atoms with E-state index in [4.69, 9.17) is 14.2 Å². The smallest absolute Gasteiger partial charge is 0.428 e. The molecule has 0 aliphatic heterocycles. The number of hydrazone groups is 1. The second-order valence-electron chi connectivity index (χ2n) is 6.38. The molecular formula is C19H22N2O5S. The zero-order valence-electron chi connectivity index (χ0n) is 15.6. The molecule has 0 fully saturated rings. The Labute approximate surface area is 161 Å². The Kier molecular flexibility index (Phi) is 6.95. The lowest BCUT2D eigenvalue weighted by Gasteiger charge is -2.18. The summed E-state index contributed by atoms with van der Waals surface area (Å²) in [5.74, 6) is 0.273. The van der Waals surface area contributed by atoms with Crippen LogP contribution in [0.2, 0.25) is 0 Å². The summed E-state index contributed by atoms with van der Waals surface area (Å²) < 4.78 is 16.0. The highest BCUT2D eigenvalue weighted by molar-refractivity contribution is 7.12. The molecule has 144 valence electrons. The van der Waals surface area contributed by atoms with Crippen LogP contribution in [0.1, 0.15) is 42.9 Å². The van der Waals surface area contributed by atoms with Gasteiger partial charge in [-0.3, -0.25) is 0 Å². The van der Waals surface area contributed by atoms with Crippen molar-refractivity contribution in [2.75, 3.05) is 6.61 Å². The molecule has 0 bridgehead atoms. The third-order valence-electron chi connectivity index (χ3n) is 2.96. The van der Waals surface area contributed by atoms with E-state index in [1.807, 2.05) is 6.92 Å². The van der Waals surface area contributed by atoms with Crippen LogP contribution in [0.15, 0.2) is 40.8 Å².